The minimum atomic E-state index is -4.79. The summed E-state index contributed by atoms with van der Waals surface area (Å²) in [5, 5.41) is 12.2. The molecule has 1 fully saturated rings. The van der Waals surface area contributed by atoms with Gasteiger partial charge >= 0.3 is 12.2 Å². The van der Waals surface area contributed by atoms with Gasteiger partial charge in [-0.2, -0.15) is 13.2 Å². The number of urea groups is 1. The molecule has 2 rings (SSSR count). The van der Waals surface area contributed by atoms with Crippen molar-refractivity contribution in [2.75, 3.05) is 13.1 Å². The molecule has 0 radical (unpaired) electrons. The van der Waals surface area contributed by atoms with Crippen LogP contribution >= 0.6 is 0 Å². The van der Waals surface area contributed by atoms with Gasteiger partial charge in [-0.25, -0.2) is 9.18 Å². The molecule has 1 saturated heterocycles. The molecular weight excluding hydrogens is 328 g/mol. The third-order valence-corrected chi connectivity index (χ3v) is 4.33. The minimum Gasteiger partial charge on any atom is -0.393 e. The van der Waals surface area contributed by atoms with Crippen LogP contribution in [0.4, 0.5) is 22.4 Å². The van der Waals surface area contributed by atoms with Gasteiger partial charge in [-0.15, -0.1) is 0 Å². The second-order valence-electron chi connectivity index (χ2n) is 6.14. The Labute approximate surface area is 137 Å². The Kier molecular flexibility index (Phi) is 5.37. The fourth-order valence-corrected chi connectivity index (χ4v) is 2.75. The van der Waals surface area contributed by atoms with Crippen LogP contribution in [0.25, 0.3) is 0 Å². The van der Waals surface area contributed by atoms with Gasteiger partial charge in [0.25, 0.3) is 0 Å². The first-order valence-corrected chi connectivity index (χ1v) is 7.69. The number of aliphatic hydroxyl groups is 1. The predicted molar refractivity (Wildman–Crippen MR) is 79.7 cm³/mol. The van der Waals surface area contributed by atoms with Gasteiger partial charge < -0.3 is 15.3 Å². The van der Waals surface area contributed by atoms with Crippen LogP contribution in [0.2, 0.25) is 0 Å². The van der Waals surface area contributed by atoms with Gasteiger partial charge in [0.15, 0.2) is 0 Å². The van der Waals surface area contributed by atoms with E-state index in [0.717, 1.165) is 6.07 Å². The van der Waals surface area contributed by atoms with Crippen molar-refractivity contribution < 1.29 is 27.5 Å². The van der Waals surface area contributed by atoms with Gasteiger partial charge in [-0.05, 0) is 38.0 Å². The van der Waals surface area contributed by atoms with E-state index in [2.05, 4.69) is 5.32 Å². The molecule has 2 N–H and O–H groups in total. The van der Waals surface area contributed by atoms with E-state index >= 15 is 0 Å². The molecule has 24 heavy (non-hydrogen) atoms. The summed E-state index contributed by atoms with van der Waals surface area (Å²) in [6, 6.07) is 1.56. The number of halogens is 4. The highest BCUT2D eigenvalue weighted by atomic mass is 19.4. The van der Waals surface area contributed by atoms with Gasteiger partial charge in [0.1, 0.15) is 5.82 Å². The van der Waals surface area contributed by atoms with Gasteiger partial charge in [-0.3, -0.25) is 0 Å². The zero-order valence-electron chi connectivity index (χ0n) is 13.4. The maximum atomic E-state index is 13.3. The Morgan fingerprint density at radius 1 is 1.38 bits per heavy atom. The van der Waals surface area contributed by atoms with Crippen molar-refractivity contribution in [3.8, 4) is 0 Å². The number of benzene rings is 1. The predicted octanol–water partition coefficient (Wildman–Crippen LogP) is 3.32. The molecular formula is C16H20F4N2O2. The van der Waals surface area contributed by atoms with Crippen LogP contribution in [0.15, 0.2) is 18.2 Å². The van der Waals surface area contributed by atoms with E-state index in [4.69, 9.17) is 0 Å². The normalized spacial score (nSPS) is 20.8. The summed E-state index contributed by atoms with van der Waals surface area (Å²) in [6.07, 6.45) is -4.64. The van der Waals surface area contributed by atoms with Crippen molar-refractivity contribution in [3.63, 3.8) is 0 Å². The third kappa shape index (κ3) is 4.17. The van der Waals surface area contributed by atoms with Crippen molar-refractivity contribution in [1.29, 1.82) is 0 Å². The quantitative estimate of drug-likeness (QED) is 0.824. The second-order valence-corrected chi connectivity index (χ2v) is 6.14. The largest absolute Gasteiger partial charge is 0.419 e. The number of likely N-dealkylation sites (tertiary alicyclic amines) is 1. The van der Waals surface area contributed by atoms with E-state index in [0.29, 0.717) is 25.6 Å². The fourth-order valence-electron chi connectivity index (χ4n) is 2.75. The Hall–Kier alpha value is -1.83. The molecule has 0 aliphatic carbocycles. The molecule has 0 spiro atoms. The molecule has 0 aromatic heterocycles. The molecule has 1 heterocycles. The first-order valence-electron chi connectivity index (χ1n) is 7.69. The van der Waals surface area contributed by atoms with Crippen LogP contribution in [0.3, 0.4) is 0 Å². The zero-order chi connectivity index (χ0) is 18.1. The number of carbonyl (C=O) groups is 1. The lowest BCUT2D eigenvalue weighted by molar-refractivity contribution is -0.140. The van der Waals surface area contributed by atoms with Crippen molar-refractivity contribution in [2.45, 2.75) is 38.6 Å². The number of amides is 2. The van der Waals surface area contributed by atoms with Crippen LogP contribution in [0.5, 0.6) is 0 Å². The molecule has 1 aliphatic heterocycles. The number of nitrogens with one attached hydrogen (secondary N) is 1. The first-order chi connectivity index (χ1) is 11.1. The number of rotatable bonds is 3. The maximum Gasteiger partial charge on any atom is 0.419 e. The van der Waals surface area contributed by atoms with Crippen LogP contribution < -0.4 is 5.32 Å². The van der Waals surface area contributed by atoms with Gasteiger partial charge in [0, 0.05) is 19.0 Å². The van der Waals surface area contributed by atoms with Crippen molar-refractivity contribution in [3.05, 3.63) is 35.1 Å². The van der Waals surface area contributed by atoms with Crippen molar-refractivity contribution in [1.82, 2.24) is 10.2 Å². The number of hydrogen-bond acceptors (Lipinski definition) is 2. The highest BCUT2D eigenvalue weighted by Gasteiger charge is 2.35. The Morgan fingerprint density at radius 2 is 2.04 bits per heavy atom. The summed E-state index contributed by atoms with van der Waals surface area (Å²) >= 11 is 0. The van der Waals surface area contributed by atoms with E-state index in [1.165, 1.54) is 17.9 Å². The highest BCUT2D eigenvalue weighted by Crippen LogP contribution is 2.33. The Bertz CT molecular complexity index is 604. The SMILES string of the molecule is C[C@H](NC(=O)N1CC[C@H]([C@H](C)O)C1)c1ccc(F)c(C(F)(F)F)c1. The summed E-state index contributed by atoms with van der Waals surface area (Å²) in [7, 11) is 0. The van der Waals surface area contributed by atoms with Gasteiger partial charge in [0.2, 0.25) is 0 Å². The van der Waals surface area contributed by atoms with E-state index in [1.54, 1.807) is 6.92 Å². The molecule has 2 amide bonds. The van der Waals surface area contributed by atoms with Crippen molar-refractivity contribution >= 4 is 6.03 Å². The van der Waals surface area contributed by atoms with E-state index in [1.807, 2.05) is 0 Å². The first kappa shape index (κ1) is 18.5. The second kappa shape index (κ2) is 6.96. The molecule has 0 saturated carbocycles. The topological polar surface area (TPSA) is 52.6 Å². The number of nitrogens with zero attached hydrogens (tertiary/aromatic N) is 1. The molecule has 0 bridgehead atoms. The summed E-state index contributed by atoms with van der Waals surface area (Å²) in [6.45, 7) is 4.07. The van der Waals surface area contributed by atoms with Crippen molar-refractivity contribution in [2.24, 2.45) is 5.92 Å². The molecule has 1 aliphatic rings. The van der Waals surface area contributed by atoms with E-state index < -0.39 is 35.7 Å². The molecule has 1 aromatic carbocycles. The third-order valence-electron chi connectivity index (χ3n) is 4.33. The zero-order valence-corrected chi connectivity index (χ0v) is 13.4. The minimum absolute atomic E-state index is 0.00582. The smallest absolute Gasteiger partial charge is 0.393 e. The molecule has 0 unspecified atom stereocenters. The lowest BCUT2D eigenvalue weighted by Gasteiger charge is -2.22. The lowest BCUT2D eigenvalue weighted by atomic mass is 10.0. The Morgan fingerprint density at radius 3 is 2.58 bits per heavy atom. The average molecular weight is 348 g/mol. The molecule has 1 aromatic rings. The number of alkyl halides is 3. The van der Waals surface area contributed by atoms with Crippen LogP contribution in [0, 0.1) is 11.7 Å². The standard InChI is InChI=1S/C16H20F4N2O2/c1-9(11-3-4-14(17)13(7-11)16(18,19)20)21-15(24)22-6-5-12(8-22)10(2)23/h3-4,7,9-10,12,23H,5-6,8H2,1-2H3,(H,21,24)/t9-,10-,12-/m0/s1. The number of aliphatic hydroxyl groups excluding tert-OH is 1. The summed E-state index contributed by atoms with van der Waals surface area (Å²) in [4.78, 5) is 13.7. The molecule has 4 nitrogen and oxygen atoms in total. The summed E-state index contributed by atoms with van der Waals surface area (Å²) in [5.74, 6) is -1.35. The fraction of sp³-hybridized carbons (Fsp3) is 0.562. The lowest BCUT2D eigenvalue weighted by Crippen LogP contribution is -2.40. The molecule has 134 valence electrons. The van der Waals surface area contributed by atoms with Crippen LogP contribution in [0.1, 0.15) is 37.4 Å². The van der Waals surface area contributed by atoms with Crippen LogP contribution in [-0.2, 0) is 6.18 Å². The highest BCUT2D eigenvalue weighted by molar-refractivity contribution is 5.75. The monoisotopic (exact) mass is 348 g/mol. The maximum absolute atomic E-state index is 13.3. The van der Waals surface area contributed by atoms with Crippen LogP contribution in [-0.4, -0.2) is 35.2 Å². The molecule has 3 atom stereocenters. The molecule has 8 heteroatoms. The Balaban J connectivity index is 2.05. The van der Waals surface area contributed by atoms with Gasteiger partial charge in [0.05, 0.1) is 17.7 Å². The summed E-state index contributed by atoms with van der Waals surface area (Å²) in [5.41, 5.74) is -1.18. The van der Waals surface area contributed by atoms with E-state index in [-0.39, 0.29) is 11.5 Å². The average Bonchev–Trinajstić information content (AvgIpc) is 2.96. The number of hydrogen-bond donors (Lipinski definition) is 2. The summed E-state index contributed by atoms with van der Waals surface area (Å²) < 4.78 is 51.6. The van der Waals surface area contributed by atoms with E-state index in [9.17, 15) is 27.5 Å². The number of carbonyl (C=O) groups excluding carboxylic acids is 1. The van der Waals surface area contributed by atoms with Gasteiger partial charge in [-0.1, -0.05) is 6.07 Å².